The van der Waals surface area contributed by atoms with E-state index in [1.807, 2.05) is 6.07 Å². The molecule has 102 valence electrons. The highest BCUT2D eigenvalue weighted by Gasteiger charge is 2.33. The van der Waals surface area contributed by atoms with Gasteiger partial charge in [-0.2, -0.15) is 13.2 Å². The molecule has 0 unspecified atom stereocenters. The number of nitrogen functional groups attached to an aromatic ring is 1. The summed E-state index contributed by atoms with van der Waals surface area (Å²) in [6.07, 6.45) is -4.45. The number of hydrogen-bond acceptors (Lipinski definition) is 3. The summed E-state index contributed by atoms with van der Waals surface area (Å²) in [6, 6.07) is 7.33. The minimum Gasteiger partial charge on any atom is -0.398 e. The fourth-order valence-corrected chi connectivity index (χ4v) is 2.57. The van der Waals surface area contributed by atoms with Gasteiger partial charge < -0.3 is 11.1 Å². The lowest BCUT2D eigenvalue weighted by Gasteiger charge is -2.12. The molecule has 0 spiro atoms. The van der Waals surface area contributed by atoms with E-state index in [0.717, 1.165) is 10.9 Å². The van der Waals surface area contributed by atoms with Crippen LogP contribution >= 0.6 is 22.9 Å². The van der Waals surface area contributed by atoms with Gasteiger partial charge in [0.1, 0.15) is 0 Å². The summed E-state index contributed by atoms with van der Waals surface area (Å²) in [6.45, 7) is 0.415. The predicted octanol–water partition coefficient (Wildman–Crippen LogP) is 4.61. The normalized spacial score (nSPS) is 11.6. The molecule has 0 bridgehead atoms. The zero-order valence-electron chi connectivity index (χ0n) is 9.59. The number of hydrogen-bond donors (Lipinski definition) is 2. The Morgan fingerprint density at radius 3 is 2.53 bits per heavy atom. The second-order valence-electron chi connectivity index (χ2n) is 3.86. The molecule has 2 rings (SSSR count). The van der Waals surface area contributed by atoms with Crippen molar-refractivity contribution in [2.45, 2.75) is 12.7 Å². The van der Waals surface area contributed by atoms with E-state index in [4.69, 9.17) is 17.3 Å². The molecular weight excluding hydrogens is 297 g/mol. The first-order valence-electron chi connectivity index (χ1n) is 5.31. The van der Waals surface area contributed by atoms with Crippen LogP contribution in [0.1, 0.15) is 10.4 Å². The number of nitrogens with one attached hydrogen (secondary N) is 1. The van der Waals surface area contributed by atoms with E-state index in [1.165, 1.54) is 23.5 Å². The van der Waals surface area contributed by atoms with Crippen molar-refractivity contribution in [2.24, 2.45) is 0 Å². The van der Waals surface area contributed by atoms with Gasteiger partial charge in [0.25, 0.3) is 0 Å². The van der Waals surface area contributed by atoms with Crippen molar-refractivity contribution in [3.8, 4) is 0 Å². The summed E-state index contributed by atoms with van der Waals surface area (Å²) in [5, 5.41) is 2.91. The smallest absolute Gasteiger partial charge is 0.398 e. The van der Waals surface area contributed by atoms with E-state index in [-0.39, 0.29) is 5.69 Å². The summed E-state index contributed by atoms with van der Waals surface area (Å²) < 4.78 is 38.7. The van der Waals surface area contributed by atoms with E-state index < -0.39 is 11.7 Å². The molecule has 0 fully saturated rings. The van der Waals surface area contributed by atoms with Crippen molar-refractivity contribution in [2.75, 3.05) is 11.1 Å². The van der Waals surface area contributed by atoms with E-state index in [9.17, 15) is 13.2 Å². The van der Waals surface area contributed by atoms with Crippen molar-refractivity contribution in [3.63, 3.8) is 0 Å². The molecular formula is C12H10ClF3N2S. The summed E-state index contributed by atoms with van der Waals surface area (Å²) in [5.74, 6) is 0. The first-order valence-corrected chi connectivity index (χ1v) is 6.50. The zero-order chi connectivity index (χ0) is 14.0. The lowest BCUT2D eigenvalue weighted by atomic mass is 10.1. The Hall–Kier alpha value is -1.40. The van der Waals surface area contributed by atoms with Crippen LogP contribution in [0, 0.1) is 0 Å². The summed E-state index contributed by atoms with van der Waals surface area (Å²) in [4.78, 5) is 0.940. The Balaban J connectivity index is 2.13. The standard InChI is InChI=1S/C12H10ClF3N2S/c13-11-4-2-8(19-11)6-18-7-1-3-10(17)9(5-7)12(14,15)16/h1-5,18H,6,17H2. The van der Waals surface area contributed by atoms with Crippen molar-refractivity contribution < 1.29 is 13.2 Å². The van der Waals surface area contributed by atoms with Gasteiger partial charge in [-0.1, -0.05) is 11.6 Å². The number of thiophene rings is 1. The first-order chi connectivity index (χ1) is 8.86. The number of benzene rings is 1. The molecule has 0 amide bonds. The van der Waals surface area contributed by atoms with Gasteiger partial charge in [-0.15, -0.1) is 11.3 Å². The van der Waals surface area contributed by atoms with Crippen LogP contribution in [-0.4, -0.2) is 0 Å². The molecule has 2 nitrogen and oxygen atoms in total. The number of nitrogens with two attached hydrogens (primary N) is 1. The van der Waals surface area contributed by atoms with E-state index in [0.29, 0.717) is 16.6 Å². The fraction of sp³-hybridized carbons (Fsp3) is 0.167. The van der Waals surface area contributed by atoms with Crippen molar-refractivity contribution >= 4 is 34.3 Å². The van der Waals surface area contributed by atoms with E-state index in [1.54, 1.807) is 6.07 Å². The second kappa shape index (κ2) is 5.30. The van der Waals surface area contributed by atoms with Crippen molar-refractivity contribution in [1.29, 1.82) is 0 Å². The summed E-state index contributed by atoms with van der Waals surface area (Å²) in [5.41, 5.74) is 4.58. The number of halogens is 4. The zero-order valence-corrected chi connectivity index (χ0v) is 11.2. The third kappa shape index (κ3) is 3.54. The minimum absolute atomic E-state index is 0.280. The maximum atomic E-state index is 12.7. The molecule has 1 aromatic carbocycles. The largest absolute Gasteiger partial charge is 0.418 e. The average Bonchev–Trinajstić information content (AvgIpc) is 2.72. The SMILES string of the molecule is Nc1ccc(NCc2ccc(Cl)s2)cc1C(F)(F)F. The number of alkyl halides is 3. The van der Waals surface area contributed by atoms with Crippen LogP contribution in [-0.2, 0) is 12.7 Å². The van der Waals surface area contributed by atoms with Crippen LogP contribution < -0.4 is 11.1 Å². The molecule has 3 N–H and O–H groups in total. The molecule has 2 aromatic rings. The van der Waals surface area contributed by atoms with Gasteiger partial charge in [-0.05, 0) is 30.3 Å². The molecule has 7 heteroatoms. The highest BCUT2D eigenvalue weighted by Crippen LogP contribution is 2.35. The van der Waals surface area contributed by atoms with Crippen molar-refractivity contribution in [3.05, 3.63) is 45.1 Å². The number of anilines is 2. The van der Waals surface area contributed by atoms with Crippen LogP contribution in [0.2, 0.25) is 4.34 Å². The van der Waals surface area contributed by atoms with Gasteiger partial charge in [0.05, 0.1) is 9.90 Å². The summed E-state index contributed by atoms with van der Waals surface area (Å²) in [7, 11) is 0. The molecule has 0 saturated heterocycles. The molecule has 0 saturated carbocycles. The second-order valence-corrected chi connectivity index (χ2v) is 5.66. The Bertz CT molecular complexity index is 581. The molecule has 0 aliphatic rings. The van der Waals surface area contributed by atoms with Gasteiger partial charge in [0.15, 0.2) is 0 Å². The van der Waals surface area contributed by atoms with Gasteiger partial charge >= 0.3 is 6.18 Å². The van der Waals surface area contributed by atoms with Crippen LogP contribution in [0.3, 0.4) is 0 Å². The molecule has 0 radical (unpaired) electrons. The van der Waals surface area contributed by atoms with Gasteiger partial charge in [-0.25, -0.2) is 0 Å². The highest BCUT2D eigenvalue weighted by molar-refractivity contribution is 7.16. The third-order valence-corrected chi connectivity index (χ3v) is 3.69. The Labute approximate surface area is 117 Å². The van der Waals surface area contributed by atoms with Crippen molar-refractivity contribution in [1.82, 2.24) is 0 Å². The van der Waals surface area contributed by atoms with E-state index >= 15 is 0 Å². The van der Waals surface area contributed by atoms with Gasteiger partial charge in [0.2, 0.25) is 0 Å². The fourth-order valence-electron chi connectivity index (χ4n) is 1.55. The monoisotopic (exact) mass is 306 g/mol. The van der Waals surface area contributed by atoms with Crippen LogP contribution in [0.15, 0.2) is 30.3 Å². The Morgan fingerprint density at radius 1 is 1.21 bits per heavy atom. The molecule has 1 aromatic heterocycles. The molecule has 19 heavy (non-hydrogen) atoms. The maximum absolute atomic E-state index is 12.7. The Kier molecular flexibility index (Phi) is 3.91. The van der Waals surface area contributed by atoms with Gasteiger partial charge in [0, 0.05) is 22.8 Å². The lowest BCUT2D eigenvalue weighted by Crippen LogP contribution is -2.10. The van der Waals surface area contributed by atoms with Crippen LogP contribution in [0.4, 0.5) is 24.5 Å². The van der Waals surface area contributed by atoms with Gasteiger partial charge in [-0.3, -0.25) is 0 Å². The lowest BCUT2D eigenvalue weighted by molar-refractivity contribution is -0.136. The van der Waals surface area contributed by atoms with Crippen LogP contribution in [0.5, 0.6) is 0 Å². The molecule has 1 heterocycles. The maximum Gasteiger partial charge on any atom is 0.418 e. The Morgan fingerprint density at radius 2 is 1.95 bits per heavy atom. The topological polar surface area (TPSA) is 38.0 Å². The van der Waals surface area contributed by atoms with E-state index in [2.05, 4.69) is 5.32 Å². The molecule has 0 atom stereocenters. The quantitative estimate of drug-likeness (QED) is 0.812. The molecule has 0 aliphatic heterocycles. The van der Waals surface area contributed by atoms with Crippen LogP contribution in [0.25, 0.3) is 0 Å². The highest BCUT2D eigenvalue weighted by atomic mass is 35.5. The average molecular weight is 307 g/mol. The summed E-state index contributed by atoms with van der Waals surface area (Å²) >= 11 is 7.15. The third-order valence-electron chi connectivity index (χ3n) is 2.45. The number of rotatable bonds is 3. The predicted molar refractivity (Wildman–Crippen MR) is 72.5 cm³/mol. The minimum atomic E-state index is -4.45. The molecule has 0 aliphatic carbocycles. The first kappa shape index (κ1) is 14.0.